The quantitative estimate of drug-likeness (QED) is 0.688. The molecule has 0 aliphatic heterocycles. The Hall–Kier alpha value is -2.07. The maximum atomic E-state index is 11.6. The number of esters is 1. The number of nitrogens with zero attached hydrogens (tertiary/aromatic N) is 1. The van der Waals surface area contributed by atoms with Gasteiger partial charge in [-0.25, -0.2) is 9.78 Å². The summed E-state index contributed by atoms with van der Waals surface area (Å²) in [6.07, 6.45) is 0. The van der Waals surface area contributed by atoms with E-state index in [0.717, 1.165) is 5.56 Å². The molecule has 5 heteroatoms. The molecule has 0 spiro atoms. The van der Waals surface area contributed by atoms with Gasteiger partial charge >= 0.3 is 5.97 Å². The number of benzene rings is 1. The average molecular weight is 277 g/mol. The molecule has 0 atom stereocenters. The van der Waals surface area contributed by atoms with Crippen molar-refractivity contribution in [3.05, 3.63) is 58.7 Å². The van der Waals surface area contributed by atoms with Gasteiger partial charge in [-0.2, -0.15) is 0 Å². The molecule has 0 bridgehead atoms. The van der Waals surface area contributed by atoms with Crippen LogP contribution in [-0.2, 0) is 11.3 Å². The fourth-order valence-corrected chi connectivity index (χ4v) is 1.77. The summed E-state index contributed by atoms with van der Waals surface area (Å²) in [5, 5.41) is 3.41. The van der Waals surface area contributed by atoms with Crippen LogP contribution in [0.1, 0.15) is 15.9 Å². The Kier molecular flexibility index (Phi) is 4.36. The molecule has 0 aliphatic carbocycles. The first-order chi connectivity index (χ1) is 9.20. The molecule has 0 fully saturated rings. The Bertz CT molecular complexity index is 573. The molecule has 2 aromatic rings. The smallest absolute Gasteiger partial charge is 0.341 e. The normalized spacial score (nSPS) is 10.0. The van der Waals surface area contributed by atoms with Gasteiger partial charge in [0.05, 0.1) is 7.11 Å². The number of hydrogen-bond donors (Lipinski definition) is 1. The van der Waals surface area contributed by atoms with Crippen LogP contribution in [0, 0.1) is 0 Å². The Morgan fingerprint density at radius 1 is 1.26 bits per heavy atom. The van der Waals surface area contributed by atoms with Crippen LogP contribution in [0.5, 0.6) is 0 Å². The van der Waals surface area contributed by atoms with Gasteiger partial charge in [-0.1, -0.05) is 41.9 Å². The predicted octanol–water partition coefficient (Wildman–Crippen LogP) is 3.13. The highest BCUT2D eigenvalue weighted by atomic mass is 35.5. The minimum atomic E-state index is -0.445. The molecule has 1 N–H and O–H groups in total. The highest BCUT2D eigenvalue weighted by Gasteiger charge is 2.13. The lowest BCUT2D eigenvalue weighted by Gasteiger charge is -2.10. The lowest BCUT2D eigenvalue weighted by molar-refractivity contribution is 0.0601. The molecule has 0 aliphatic rings. The number of hydrogen-bond acceptors (Lipinski definition) is 4. The summed E-state index contributed by atoms with van der Waals surface area (Å²) in [7, 11) is 1.33. The van der Waals surface area contributed by atoms with Gasteiger partial charge in [-0.3, -0.25) is 0 Å². The molecule has 1 aromatic carbocycles. The first-order valence-corrected chi connectivity index (χ1v) is 6.11. The van der Waals surface area contributed by atoms with E-state index in [4.69, 9.17) is 16.3 Å². The summed E-state index contributed by atoms with van der Waals surface area (Å²) in [6, 6.07) is 13.0. The van der Waals surface area contributed by atoms with Gasteiger partial charge in [-0.05, 0) is 17.7 Å². The average Bonchev–Trinajstić information content (AvgIpc) is 2.45. The van der Waals surface area contributed by atoms with Crippen molar-refractivity contribution in [3.8, 4) is 0 Å². The van der Waals surface area contributed by atoms with E-state index in [2.05, 4.69) is 10.3 Å². The third-order valence-electron chi connectivity index (χ3n) is 2.57. The summed E-state index contributed by atoms with van der Waals surface area (Å²) in [6.45, 7) is 0.554. The van der Waals surface area contributed by atoms with Crippen molar-refractivity contribution >= 4 is 23.4 Å². The van der Waals surface area contributed by atoms with Crippen molar-refractivity contribution in [2.75, 3.05) is 12.4 Å². The third kappa shape index (κ3) is 3.45. The Morgan fingerprint density at radius 3 is 2.68 bits per heavy atom. The molecular formula is C14H13ClN2O2. The van der Waals surface area contributed by atoms with Gasteiger partial charge < -0.3 is 10.1 Å². The summed E-state index contributed by atoms with van der Waals surface area (Å²) in [5.41, 5.74) is 1.45. The van der Waals surface area contributed by atoms with E-state index in [0.29, 0.717) is 23.1 Å². The Balaban J connectivity index is 2.19. The van der Waals surface area contributed by atoms with Crippen LogP contribution in [0.15, 0.2) is 42.5 Å². The lowest BCUT2D eigenvalue weighted by Crippen LogP contribution is -2.10. The standard InChI is InChI=1S/C14H13ClN2O2/c1-19-14(18)11-7-8-12(15)17-13(11)16-9-10-5-3-2-4-6-10/h2-8H,9H2,1H3,(H,16,17). The van der Waals surface area contributed by atoms with Gasteiger partial charge in [0.1, 0.15) is 16.5 Å². The van der Waals surface area contributed by atoms with Crippen molar-refractivity contribution < 1.29 is 9.53 Å². The van der Waals surface area contributed by atoms with Crippen molar-refractivity contribution in [2.24, 2.45) is 0 Å². The van der Waals surface area contributed by atoms with Crippen LogP contribution < -0.4 is 5.32 Å². The number of anilines is 1. The van der Waals surface area contributed by atoms with Crippen LogP contribution in [0.3, 0.4) is 0 Å². The van der Waals surface area contributed by atoms with Gasteiger partial charge in [0, 0.05) is 6.54 Å². The number of carbonyl (C=O) groups excluding carboxylic acids is 1. The second kappa shape index (κ2) is 6.20. The number of ether oxygens (including phenoxy) is 1. The maximum Gasteiger partial charge on any atom is 0.341 e. The van der Waals surface area contributed by atoms with Crippen LogP contribution in [0.4, 0.5) is 5.82 Å². The van der Waals surface area contributed by atoms with Gasteiger partial charge in [0.15, 0.2) is 0 Å². The Morgan fingerprint density at radius 2 is 2.00 bits per heavy atom. The van der Waals surface area contributed by atoms with E-state index < -0.39 is 5.97 Å². The Labute approximate surface area is 116 Å². The van der Waals surface area contributed by atoms with Crippen molar-refractivity contribution in [1.29, 1.82) is 0 Å². The number of methoxy groups -OCH3 is 1. The molecular weight excluding hydrogens is 264 g/mol. The van der Waals surface area contributed by atoms with E-state index in [1.54, 1.807) is 12.1 Å². The SMILES string of the molecule is COC(=O)c1ccc(Cl)nc1NCc1ccccc1. The second-order valence-electron chi connectivity index (χ2n) is 3.86. The van der Waals surface area contributed by atoms with Crippen LogP contribution in [0.25, 0.3) is 0 Å². The fourth-order valence-electron chi connectivity index (χ4n) is 1.63. The highest BCUT2D eigenvalue weighted by molar-refractivity contribution is 6.29. The van der Waals surface area contributed by atoms with E-state index in [-0.39, 0.29) is 0 Å². The van der Waals surface area contributed by atoms with Crippen LogP contribution in [-0.4, -0.2) is 18.1 Å². The lowest BCUT2D eigenvalue weighted by atomic mass is 10.2. The zero-order valence-electron chi connectivity index (χ0n) is 10.4. The fraction of sp³-hybridized carbons (Fsp3) is 0.143. The number of pyridine rings is 1. The van der Waals surface area contributed by atoms with Crippen molar-refractivity contribution in [1.82, 2.24) is 4.98 Å². The highest BCUT2D eigenvalue weighted by Crippen LogP contribution is 2.18. The monoisotopic (exact) mass is 276 g/mol. The van der Waals surface area contributed by atoms with E-state index in [9.17, 15) is 4.79 Å². The summed E-state index contributed by atoms with van der Waals surface area (Å²) < 4.78 is 4.71. The van der Waals surface area contributed by atoms with Gasteiger partial charge in [0.2, 0.25) is 0 Å². The molecule has 0 amide bonds. The molecule has 98 valence electrons. The molecule has 4 nitrogen and oxygen atoms in total. The van der Waals surface area contributed by atoms with Crippen LogP contribution in [0.2, 0.25) is 5.15 Å². The summed E-state index contributed by atoms with van der Waals surface area (Å²) in [5.74, 6) is -0.0251. The first kappa shape index (κ1) is 13.4. The molecule has 1 aromatic heterocycles. The number of rotatable bonds is 4. The predicted molar refractivity (Wildman–Crippen MR) is 74.4 cm³/mol. The minimum absolute atomic E-state index is 0.322. The topological polar surface area (TPSA) is 51.2 Å². The van der Waals surface area contributed by atoms with E-state index in [1.165, 1.54) is 7.11 Å². The number of aromatic nitrogens is 1. The second-order valence-corrected chi connectivity index (χ2v) is 4.25. The summed E-state index contributed by atoms with van der Waals surface area (Å²) >= 11 is 5.84. The third-order valence-corrected chi connectivity index (χ3v) is 2.78. The number of halogens is 1. The van der Waals surface area contributed by atoms with E-state index >= 15 is 0 Å². The molecule has 0 saturated heterocycles. The molecule has 19 heavy (non-hydrogen) atoms. The van der Waals surface area contributed by atoms with Gasteiger partial charge in [0.25, 0.3) is 0 Å². The zero-order chi connectivity index (χ0) is 13.7. The number of carbonyl (C=O) groups is 1. The zero-order valence-corrected chi connectivity index (χ0v) is 11.1. The molecule has 2 rings (SSSR count). The van der Waals surface area contributed by atoms with Crippen molar-refractivity contribution in [3.63, 3.8) is 0 Å². The number of nitrogens with one attached hydrogen (secondary N) is 1. The molecule has 0 radical (unpaired) electrons. The van der Waals surface area contributed by atoms with Crippen molar-refractivity contribution in [2.45, 2.75) is 6.54 Å². The van der Waals surface area contributed by atoms with Gasteiger partial charge in [-0.15, -0.1) is 0 Å². The largest absolute Gasteiger partial charge is 0.465 e. The molecule has 1 heterocycles. The molecule has 0 saturated carbocycles. The summed E-state index contributed by atoms with van der Waals surface area (Å²) in [4.78, 5) is 15.7. The maximum absolute atomic E-state index is 11.6. The molecule has 0 unspecified atom stereocenters. The first-order valence-electron chi connectivity index (χ1n) is 5.73. The van der Waals surface area contributed by atoms with E-state index in [1.807, 2.05) is 30.3 Å². The minimum Gasteiger partial charge on any atom is -0.465 e. The van der Waals surface area contributed by atoms with Crippen LogP contribution >= 0.6 is 11.6 Å².